The standard InChI is InChI=1S/C12H16N2O2S/c1-16-10-4-2-3-9(7-10)14-12(11(13)15)5-6-17-8-12/h2-4,7,14H,5-6,8H2,1H3,(H2,13,15). The van der Waals surface area contributed by atoms with E-state index in [2.05, 4.69) is 5.32 Å². The van der Waals surface area contributed by atoms with E-state index < -0.39 is 5.54 Å². The van der Waals surface area contributed by atoms with E-state index in [0.717, 1.165) is 29.4 Å². The van der Waals surface area contributed by atoms with Gasteiger partial charge in [-0.3, -0.25) is 4.79 Å². The van der Waals surface area contributed by atoms with Gasteiger partial charge in [0, 0.05) is 17.5 Å². The van der Waals surface area contributed by atoms with Crippen molar-refractivity contribution in [2.24, 2.45) is 5.73 Å². The highest BCUT2D eigenvalue weighted by Crippen LogP contribution is 2.32. The van der Waals surface area contributed by atoms with Crippen LogP contribution >= 0.6 is 11.8 Å². The van der Waals surface area contributed by atoms with Gasteiger partial charge in [-0.2, -0.15) is 11.8 Å². The first-order chi connectivity index (χ1) is 8.16. The van der Waals surface area contributed by atoms with E-state index in [1.54, 1.807) is 18.9 Å². The summed E-state index contributed by atoms with van der Waals surface area (Å²) in [5.74, 6) is 2.16. The molecule has 0 aliphatic carbocycles. The monoisotopic (exact) mass is 252 g/mol. The van der Waals surface area contributed by atoms with Crippen molar-refractivity contribution in [2.75, 3.05) is 23.9 Å². The minimum absolute atomic E-state index is 0.287. The molecule has 4 nitrogen and oxygen atoms in total. The lowest BCUT2D eigenvalue weighted by Gasteiger charge is -2.27. The predicted octanol–water partition coefficient (Wildman–Crippen LogP) is 1.47. The summed E-state index contributed by atoms with van der Waals surface area (Å²) >= 11 is 1.74. The smallest absolute Gasteiger partial charge is 0.243 e. The maximum atomic E-state index is 11.6. The van der Waals surface area contributed by atoms with E-state index in [-0.39, 0.29) is 5.91 Å². The summed E-state index contributed by atoms with van der Waals surface area (Å²) < 4.78 is 5.15. The quantitative estimate of drug-likeness (QED) is 0.851. The molecule has 0 aromatic heterocycles. The number of methoxy groups -OCH3 is 1. The summed E-state index contributed by atoms with van der Waals surface area (Å²) in [5, 5.41) is 3.25. The average molecular weight is 252 g/mol. The molecule has 2 rings (SSSR count). The molecule has 1 atom stereocenters. The molecule has 1 aromatic rings. The van der Waals surface area contributed by atoms with Gasteiger partial charge >= 0.3 is 0 Å². The number of nitrogens with one attached hydrogen (secondary N) is 1. The van der Waals surface area contributed by atoms with Gasteiger partial charge < -0.3 is 15.8 Å². The number of rotatable bonds is 4. The molecule has 1 aliphatic heterocycles. The van der Waals surface area contributed by atoms with E-state index in [1.807, 2.05) is 24.3 Å². The molecule has 1 amide bonds. The number of carbonyl (C=O) groups excluding carboxylic acids is 1. The maximum absolute atomic E-state index is 11.6. The third-order valence-electron chi connectivity index (χ3n) is 2.95. The van der Waals surface area contributed by atoms with Crippen LogP contribution in [0.1, 0.15) is 6.42 Å². The molecule has 5 heteroatoms. The molecule has 1 aromatic carbocycles. The Morgan fingerprint density at radius 1 is 1.59 bits per heavy atom. The van der Waals surface area contributed by atoms with Crippen molar-refractivity contribution in [3.05, 3.63) is 24.3 Å². The van der Waals surface area contributed by atoms with Crippen LogP contribution < -0.4 is 15.8 Å². The third kappa shape index (κ3) is 2.49. The topological polar surface area (TPSA) is 64.3 Å². The number of carbonyl (C=O) groups is 1. The minimum atomic E-state index is -0.614. The molecule has 1 aliphatic rings. The van der Waals surface area contributed by atoms with Crippen LogP contribution in [-0.4, -0.2) is 30.1 Å². The number of amides is 1. The molecule has 1 unspecified atom stereocenters. The maximum Gasteiger partial charge on any atom is 0.243 e. The van der Waals surface area contributed by atoms with Gasteiger partial charge in [-0.1, -0.05) is 6.07 Å². The number of hydrogen-bond donors (Lipinski definition) is 2. The molecule has 0 spiro atoms. The van der Waals surface area contributed by atoms with Gasteiger partial charge in [0.2, 0.25) is 5.91 Å². The Morgan fingerprint density at radius 2 is 2.41 bits per heavy atom. The molecule has 1 saturated heterocycles. The molecular weight excluding hydrogens is 236 g/mol. The van der Waals surface area contributed by atoms with Crippen molar-refractivity contribution in [3.63, 3.8) is 0 Å². The van der Waals surface area contributed by atoms with Gasteiger partial charge in [0.15, 0.2) is 0 Å². The number of hydrogen-bond acceptors (Lipinski definition) is 4. The number of ether oxygens (including phenoxy) is 1. The molecular formula is C12H16N2O2S. The zero-order valence-corrected chi connectivity index (χ0v) is 10.5. The van der Waals surface area contributed by atoms with Crippen LogP contribution in [0.25, 0.3) is 0 Å². The zero-order valence-electron chi connectivity index (χ0n) is 9.73. The van der Waals surface area contributed by atoms with E-state index in [9.17, 15) is 4.79 Å². The van der Waals surface area contributed by atoms with Gasteiger partial charge in [0.1, 0.15) is 11.3 Å². The first-order valence-corrected chi connectivity index (χ1v) is 6.62. The van der Waals surface area contributed by atoms with Crippen molar-refractivity contribution >= 4 is 23.4 Å². The summed E-state index contributed by atoms with van der Waals surface area (Å²) in [4.78, 5) is 11.6. The van der Waals surface area contributed by atoms with Crippen LogP contribution in [-0.2, 0) is 4.79 Å². The molecule has 92 valence electrons. The lowest BCUT2D eigenvalue weighted by molar-refractivity contribution is -0.121. The van der Waals surface area contributed by atoms with Crippen molar-refractivity contribution in [1.29, 1.82) is 0 Å². The highest BCUT2D eigenvalue weighted by Gasteiger charge is 2.40. The van der Waals surface area contributed by atoms with Crippen LogP contribution in [0.2, 0.25) is 0 Å². The molecule has 17 heavy (non-hydrogen) atoms. The Hall–Kier alpha value is -1.36. The lowest BCUT2D eigenvalue weighted by atomic mass is 9.97. The summed E-state index contributed by atoms with van der Waals surface area (Å²) in [7, 11) is 1.62. The molecule has 3 N–H and O–H groups in total. The molecule has 1 heterocycles. The van der Waals surface area contributed by atoms with E-state index >= 15 is 0 Å². The number of nitrogens with two attached hydrogens (primary N) is 1. The van der Waals surface area contributed by atoms with Crippen molar-refractivity contribution in [2.45, 2.75) is 12.0 Å². The molecule has 0 bridgehead atoms. The van der Waals surface area contributed by atoms with Crippen molar-refractivity contribution in [1.82, 2.24) is 0 Å². The van der Waals surface area contributed by atoms with E-state index in [4.69, 9.17) is 10.5 Å². The summed E-state index contributed by atoms with van der Waals surface area (Å²) in [6, 6.07) is 7.54. The number of thioether (sulfide) groups is 1. The fourth-order valence-corrected chi connectivity index (χ4v) is 3.24. The van der Waals surface area contributed by atoms with Gasteiger partial charge in [-0.05, 0) is 24.3 Å². The van der Waals surface area contributed by atoms with Crippen LogP contribution in [0.15, 0.2) is 24.3 Å². The Kier molecular flexibility index (Phi) is 3.47. The second-order valence-corrected chi connectivity index (χ2v) is 5.21. The SMILES string of the molecule is COc1cccc(NC2(C(N)=O)CCSC2)c1. The first-order valence-electron chi connectivity index (χ1n) is 5.46. The summed E-state index contributed by atoms with van der Waals surface area (Å²) in [5.41, 5.74) is 5.76. The molecule has 0 radical (unpaired) electrons. The highest BCUT2D eigenvalue weighted by molar-refractivity contribution is 7.99. The second kappa shape index (κ2) is 4.87. The van der Waals surface area contributed by atoms with Crippen LogP contribution in [0.5, 0.6) is 5.75 Å². The van der Waals surface area contributed by atoms with Crippen molar-refractivity contribution < 1.29 is 9.53 Å². The Balaban J connectivity index is 2.20. The van der Waals surface area contributed by atoms with Crippen LogP contribution in [0, 0.1) is 0 Å². The molecule has 1 fully saturated rings. The lowest BCUT2D eigenvalue weighted by Crippen LogP contribution is -2.50. The van der Waals surface area contributed by atoms with Crippen LogP contribution in [0.4, 0.5) is 5.69 Å². The largest absolute Gasteiger partial charge is 0.497 e. The predicted molar refractivity (Wildman–Crippen MR) is 70.5 cm³/mol. The number of anilines is 1. The third-order valence-corrected chi connectivity index (χ3v) is 4.14. The van der Waals surface area contributed by atoms with Gasteiger partial charge in [-0.15, -0.1) is 0 Å². The average Bonchev–Trinajstić information content (AvgIpc) is 2.79. The van der Waals surface area contributed by atoms with Crippen molar-refractivity contribution in [3.8, 4) is 5.75 Å². The summed E-state index contributed by atoms with van der Waals surface area (Å²) in [6.45, 7) is 0. The minimum Gasteiger partial charge on any atom is -0.497 e. The van der Waals surface area contributed by atoms with Gasteiger partial charge in [0.25, 0.3) is 0 Å². The Morgan fingerprint density at radius 3 is 3.00 bits per heavy atom. The van der Waals surface area contributed by atoms with Gasteiger partial charge in [-0.25, -0.2) is 0 Å². The highest BCUT2D eigenvalue weighted by atomic mass is 32.2. The molecule has 0 saturated carbocycles. The van der Waals surface area contributed by atoms with E-state index in [0.29, 0.717) is 0 Å². The van der Waals surface area contributed by atoms with Crippen LogP contribution in [0.3, 0.4) is 0 Å². The zero-order chi connectivity index (χ0) is 12.3. The van der Waals surface area contributed by atoms with E-state index in [1.165, 1.54) is 0 Å². The Labute approximate surface area is 105 Å². The number of primary amides is 1. The fraction of sp³-hybridized carbons (Fsp3) is 0.417. The van der Waals surface area contributed by atoms with Gasteiger partial charge in [0.05, 0.1) is 7.11 Å². The number of benzene rings is 1. The fourth-order valence-electron chi connectivity index (χ4n) is 1.90. The second-order valence-electron chi connectivity index (χ2n) is 4.11. The summed E-state index contributed by atoms with van der Waals surface area (Å²) in [6.07, 6.45) is 0.768. The normalized spacial score (nSPS) is 23.4. The Bertz CT molecular complexity index is 417. The first kappa shape index (κ1) is 12.1.